The molecule has 0 saturated carbocycles. The maximum absolute atomic E-state index is 11.2. The molecule has 3 heteroatoms. The number of carbonyl (C=O) groups is 1. The fourth-order valence-corrected chi connectivity index (χ4v) is 1.78. The number of hydrogen-bond donors (Lipinski definition) is 0. The van der Waals surface area contributed by atoms with Gasteiger partial charge in [0.25, 0.3) is 0 Å². The first-order chi connectivity index (χ1) is 9.27. The van der Waals surface area contributed by atoms with E-state index in [9.17, 15) is 4.79 Å². The van der Waals surface area contributed by atoms with E-state index in [0.29, 0.717) is 6.61 Å². The van der Waals surface area contributed by atoms with E-state index in [-0.39, 0.29) is 5.97 Å². The minimum atomic E-state index is -0.272. The Bertz CT molecular complexity index is 387. The van der Waals surface area contributed by atoms with Crippen LogP contribution in [0.1, 0.15) is 26.7 Å². The van der Waals surface area contributed by atoms with Gasteiger partial charge < -0.3 is 9.64 Å². The Morgan fingerprint density at radius 2 is 2.00 bits per heavy atom. The molecule has 0 aliphatic carbocycles. The number of anilines is 1. The predicted octanol–water partition coefficient (Wildman–Crippen LogP) is 3.41. The molecule has 0 aliphatic heterocycles. The van der Waals surface area contributed by atoms with Crippen LogP contribution in [-0.2, 0) is 9.53 Å². The number of hydrogen-bond acceptors (Lipinski definition) is 3. The monoisotopic (exact) mass is 261 g/mol. The summed E-state index contributed by atoms with van der Waals surface area (Å²) >= 11 is 0. The van der Waals surface area contributed by atoms with Crippen LogP contribution in [0.5, 0.6) is 0 Å². The summed E-state index contributed by atoms with van der Waals surface area (Å²) in [6, 6.07) is 10.3. The molecular weight excluding hydrogens is 238 g/mol. The third-order valence-corrected chi connectivity index (χ3v) is 2.77. The molecular formula is C16H23NO2. The second-order valence-corrected chi connectivity index (χ2v) is 4.29. The number of carbonyl (C=O) groups excluding carboxylic acids is 1. The first kappa shape index (κ1) is 15.3. The SMILES string of the molecule is CCCCN(C/C=C/C(=O)OCC)c1ccccc1. The van der Waals surface area contributed by atoms with Crippen LogP contribution in [0.3, 0.4) is 0 Å². The molecule has 0 radical (unpaired) electrons. The van der Waals surface area contributed by atoms with Crippen LogP contribution < -0.4 is 4.90 Å². The fraction of sp³-hybridized carbons (Fsp3) is 0.438. The molecule has 3 nitrogen and oxygen atoms in total. The predicted molar refractivity (Wildman–Crippen MR) is 79.3 cm³/mol. The van der Waals surface area contributed by atoms with Gasteiger partial charge in [0, 0.05) is 24.9 Å². The van der Waals surface area contributed by atoms with Crippen LogP contribution in [-0.4, -0.2) is 25.7 Å². The highest BCUT2D eigenvalue weighted by Crippen LogP contribution is 2.13. The van der Waals surface area contributed by atoms with Gasteiger partial charge in [0.2, 0.25) is 0 Å². The Balaban J connectivity index is 2.58. The summed E-state index contributed by atoms with van der Waals surface area (Å²) in [4.78, 5) is 13.5. The van der Waals surface area contributed by atoms with E-state index in [0.717, 1.165) is 25.9 Å². The van der Waals surface area contributed by atoms with Gasteiger partial charge in [0.05, 0.1) is 6.61 Å². The summed E-state index contributed by atoms with van der Waals surface area (Å²) in [5, 5.41) is 0. The lowest BCUT2D eigenvalue weighted by molar-refractivity contribution is -0.137. The van der Waals surface area contributed by atoms with Crippen LogP contribution in [0.25, 0.3) is 0 Å². The van der Waals surface area contributed by atoms with Gasteiger partial charge in [0.15, 0.2) is 0 Å². The number of para-hydroxylation sites is 1. The third kappa shape index (κ3) is 6.09. The standard InChI is InChI=1S/C16H23NO2/c1-3-5-13-17(15-10-7-6-8-11-15)14-9-12-16(18)19-4-2/h6-12H,3-5,13-14H2,1-2H3/b12-9+. The molecule has 104 valence electrons. The quantitative estimate of drug-likeness (QED) is 0.530. The molecule has 0 aliphatic rings. The molecule has 0 N–H and O–H groups in total. The van der Waals surface area contributed by atoms with E-state index in [4.69, 9.17) is 4.74 Å². The lowest BCUT2D eigenvalue weighted by atomic mass is 10.2. The zero-order valence-electron chi connectivity index (χ0n) is 11.8. The zero-order chi connectivity index (χ0) is 13.9. The Hall–Kier alpha value is -1.77. The van der Waals surface area contributed by atoms with Crippen molar-refractivity contribution >= 4 is 11.7 Å². The van der Waals surface area contributed by atoms with Crippen molar-refractivity contribution in [3.8, 4) is 0 Å². The molecule has 0 atom stereocenters. The maximum Gasteiger partial charge on any atom is 0.330 e. The molecule has 0 amide bonds. The zero-order valence-corrected chi connectivity index (χ0v) is 11.8. The average Bonchev–Trinajstić information content (AvgIpc) is 2.44. The van der Waals surface area contributed by atoms with Crippen LogP contribution in [0, 0.1) is 0 Å². The Kier molecular flexibility index (Phi) is 7.40. The fourth-order valence-electron chi connectivity index (χ4n) is 1.78. The molecule has 0 saturated heterocycles. The van der Waals surface area contributed by atoms with Crippen LogP contribution >= 0.6 is 0 Å². The second kappa shape index (κ2) is 9.20. The van der Waals surface area contributed by atoms with Gasteiger partial charge in [-0.05, 0) is 25.5 Å². The molecule has 19 heavy (non-hydrogen) atoms. The summed E-state index contributed by atoms with van der Waals surface area (Å²) in [6.07, 6.45) is 5.67. The van der Waals surface area contributed by atoms with E-state index in [1.807, 2.05) is 31.2 Å². The smallest absolute Gasteiger partial charge is 0.330 e. The number of unbranched alkanes of at least 4 members (excludes halogenated alkanes) is 1. The number of esters is 1. The van der Waals surface area contributed by atoms with E-state index < -0.39 is 0 Å². The van der Waals surface area contributed by atoms with Crippen molar-refractivity contribution in [2.24, 2.45) is 0 Å². The van der Waals surface area contributed by atoms with Crippen LogP contribution in [0.2, 0.25) is 0 Å². The van der Waals surface area contributed by atoms with Crippen molar-refractivity contribution in [2.45, 2.75) is 26.7 Å². The highest BCUT2D eigenvalue weighted by Gasteiger charge is 2.03. The van der Waals surface area contributed by atoms with Gasteiger partial charge in [-0.25, -0.2) is 4.79 Å². The highest BCUT2D eigenvalue weighted by molar-refractivity contribution is 5.81. The molecule has 0 bridgehead atoms. The van der Waals surface area contributed by atoms with Gasteiger partial charge in [-0.2, -0.15) is 0 Å². The van der Waals surface area contributed by atoms with E-state index in [1.54, 1.807) is 0 Å². The number of rotatable bonds is 8. The Morgan fingerprint density at radius 1 is 1.26 bits per heavy atom. The second-order valence-electron chi connectivity index (χ2n) is 4.29. The molecule has 0 spiro atoms. The molecule has 0 unspecified atom stereocenters. The van der Waals surface area contributed by atoms with Crippen LogP contribution in [0.15, 0.2) is 42.5 Å². The lowest BCUT2D eigenvalue weighted by Gasteiger charge is -2.23. The van der Waals surface area contributed by atoms with Gasteiger partial charge in [-0.15, -0.1) is 0 Å². The molecule has 0 aromatic heterocycles. The first-order valence-corrected chi connectivity index (χ1v) is 6.91. The minimum Gasteiger partial charge on any atom is -0.463 e. The minimum absolute atomic E-state index is 0.272. The number of benzene rings is 1. The van der Waals surface area contributed by atoms with Crippen molar-refractivity contribution in [1.29, 1.82) is 0 Å². The largest absolute Gasteiger partial charge is 0.463 e. The first-order valence-electron chi connectivity index (χ1n) is 6.91. The van der Waals surface area contributed by atoms with Gasteiger partial charge in [-0.3, -0.25) is 0 Å². The Labute approximate surface area is 115 Å². The van der Waals surface area contributed by atoms with Crippen LogP contribution in [0.4, 0.5) is 5.69 Å². The highest BCUT2D eigenvalue weighted by atomic mass is 16.5. The average molecular weight is 261 g/mol. The summed E-state index contributed by atoms with van der Waals surface area (Å²) in [5.41, 5.74) is 1.18. The van der Waals surface area contributed by atoms with E-state index >= 15 is 0 Å². The molecule has 0 heterocycles. The Morgan fingerprint density at radius 3 is 2.63 bits per heavy atom. The molecule has 1 aromatic carbocycles. The summed E-state index contributed by atoms with van der Waals surface area (Å²) in [7, 11) is 0. The van der Waals surface area contributed by atoms with Gasteiger partial charge in [-0.1, -0.05) is 37.6 Å². The van der Waals surface area contributed by atoms with Gasteiger partial charge >= 0.3 is 5.97 Å². The normalized spacial score (nSPS) is 10.6. The summed E-state index contributed by atoms with van der Waals surface area (Å²) in [6.45, 7) is 6.12. The van der Waals surface area contributed by atoms with Crippen molar-refractivity contribution in [3.63, 3.8) is 0 Å². The maximum atomic E-state index is 11.2. The topological polar surface area (TPSA) is 29.5 Å². The van der Waals surface area contributed by atoms with Gasteiger partial charge in [0.1, 0.15) is 0 Å². The van der Waals surface area contributed by atoms with Crippen molar-refractivity contribution in [3.05, 3.63) is 42.5 Å². The van der Waals surface area contributed by atoms with Crippen molar-refractivity contribution in [2.75, 3.05) is 24.6 Å². The van der Waals surface area contributed by atoms with Crippen molar-refractivity contribution in [1.82, 2.24) is 0 Å². The third-order valence-electron chi connectivity index (χ3n) is 2.77. The number of ether oxygens (including phenoxy) is 1. The van der Waals surface area contributed by atoms with E-state index in [2.05, 4.69) is 24.0 Å². The number of nitrogens with zero attached hydrogens (tertiary/aromatic N) is 1. The summed E-state index contributed by atoms with van der Waals surface area (Å²) < 4.78 is 4.87. The van der Waals surface area contributed by atoms with E-state index in [1.165, 1.54) is 11.8 Å². The lowest BCUT2D eigenvalue weighted by Crippen LogP contribution is -2.24. The molecule has 0 fully saturated rings. The molecule has 1 aromatic rings. The summed E-state index contributed by atoms with van der Waals surface area (Å²) in [5.74, 6) is -0.272. The molecule has 1 rings (SSSR count). The van der Waals surface area contributed by atoms with Crippen molar-refractivity contribution < 1.29 is 9.53 Å².